The lowest BCUT2D eigenvalue weighted by Crippen LogP contribution is -2.40. The van der Waals surface area contributed by atoms with E-state index in [1.807, 2.05) is 6.92 Å². The number of quaternary nitrogens is 1. The number of hydrogen-bond acceptors (Lipinski definition) is 2. The van der Waals surface area contributed by atoms with E-state index in [9.17, 15) is 0 Å². The summed E-state index contributed by atoms with van der Waals surface area (Å²) in [6, 6.07) is 0. The molecular formula is C8H19NO2. The zero-order valence-electron chi connectivity index (χ0n) is 7.87. The van der Waals surface area contributed by atoms with E-state index in [4.69, 9.17) is 4.74 Å². The highest BCUT2D eigenvalue weighted by molar-refractivity contribution is 4.55. The first-order valence-corrected chi connectivity index (χ1v) is 3.52. The highest BCUT2D eigenvalue weighted by atomic mass is 16.5. The predicted octanol–water partition coefficient (Wildman–Crippen LogP) is 1.06. The number of rotatable bonds is 4. The summed E-state index contributed by atoms with van der Waals surface area (Å²) in [5, 5.41) is 0. The average molecular weight is 161 g/mol. The molecule has 0 spiro atoms. The molecule has 0 aliphatic rings. The van der Waals surface area contributed by atoms with Crippen molar-refractivity contribution in [1.29, 1.82) is 0 Å². The van der Waals surface area contributed by atoms with Crippen LogP contribution in [-0.2, 0) is 4.74 Å². The van der Waals surface area contributed by atoms with Gasteiger partial charge in [0.25, 0.3) is 0 Å². The molecule has 0 amide bonds. The topological polar surface area (TPSA) is 39.2 Å². The van der Waals surface area contributed by atoms with Gasteiger partial charge in [0.2, 0.25) is 0 Å². The van der Waals surface area contributed by atoms with Crippen molar-refractivity contribution in [3.63, 3.8) is 0 Å². The number of ether oxygens (including phenoxy) is 1. The molecule has 0 saturated heterocycles. The zero-order valence-corrected chi connectivity index (χ0v) is 7.87. The summed E-state index contributed by atoms with van der Waals surface area (Å²) in [7, 11) is 6.43. The maximum absolute atomic E-state index is 5.17. The first-order chi connectivity index (χ1) is 4.45. The Bertz CT molecular complexity index is 107. The molecular weight excluding hydrogens is 142 g/mol. The molecule has 0 aromatic rings. The molecule has 1 atom stereocenters. The van der Waals surface area contributed by atoms with Crippen molar-refractivity contribution in [3.05, 3.63) is 12.8 Å². The van der Waals surface area contributed by atoms with Crippen LogP contribution in [0.2, 0.25) is 0 Å². The van der Waals surface area contributed by atoms with E-state index in [2.05, 4.69) is 27.7 Å². The number of nitrogens with zero attached hydrogens (tertiary/aromatic N) is 1. The van der Waals surface area contributed by atoms with Gasteiger partial charge in [-0.05, 0) is 6.92 Å². The summed E-state index contributed by atoms with van der Waals surface area (Å²) in [6.45, 7) is 6.55. The summed E-state index contributed by atoms with van der Waals surface area (Å²) in [5.74, 6) is 0. The first-order valence-electron chi connectivity index (χ1n) is 3.52. The molecule has 0 aromatic carbocycles. The van der Waals surface area contributed by atoms with Gasteiger partial charge >= 0.3 is 0 Å². The van der Waals surface area contributed by atoms with Gasteiger partial charge in [-0.25, -0.2) is 0 Å². The largest absolute Gasteiger partial charge is 0.870 e. The third-order valence-corrected chi connectivity index (χ3v) is 1.13. The van der Waals surface area contributed by atoms with Gasteiger partial charge in [-0.3, -0.25) is 0 Å². The lowest BCUT2D eigenvalue weighted by Gasteiger charge is -2.26. The Labute approximate surface area is 69.2 Å². The summed E-state index contributed by atoms with van der Waals surface area (Å²) in [5.41, 5.74) is 0. The molecule has 0 aliphatic heterocycles. The van der Waals surface area contributed by atoms with Crippen LogP contribution in [0.1, 0.15) is 6.92 Å². The van der Waals surface area contributed by atoms with Crippen LogP contribution in [0.4, 0.5) is 0 Å². The highest BCUT2D eigenvalue weighted by Crippen LogP contribution is 1.98. The quantitative estimate of drug-likeness (QED) is 0.457. The molecule has 0 saturated carbocycles. The van der Waals surface area contributed by atoms with Crippen LogP contribution in [0.15, 0.2) is 12.8 Å². The van der Waals surface area contributed by atoms with Gasteiger partial charge in [0, 0.05) is 0 Å². The summed E-state index contributed by atoms with van der Waals surface area (Å²) < 4.78 is 6.09. The molecule has 0 rings (SSSR count). The van der Waals surface area contributed by atoms with Gasteiger partial charge in [0.15, 0.2) is 0 Å². The predicted molar refractivity (Wildman–Crippen MR) is 45.6 cm³/mol. The van der Waals surface area contributed by atoms with Crippen LogP contribution < -0.4 is 0 Å². The van der Waals surface area contributed by atoms with Crippen molar-refractivity contribution in [3.8, 4) is 0 Å². The van der Waals surface area contributed by atoms with Crippen molar-refractivity contribution in [1.82, 2.24) is 0 Å². The fourth-order valence-corrected chi connectivity index (χ4v) is 0.979. The lowest BCUT2D eigenvalue weighted by atomic mass is 10.3. The summed E-state index contributed by atoms with van der Waals surface area (Å²) >= 11 is 0. The minimum atomic E-state index is 0. The van der Waals surface area contributed by atoms with E-state index in [-0.39, 0.29) is 11.6 Å². The van der Waals surface area contributed by atoms with E-state index in [0.717, 1.165) is 11.0 Å². The van der Waals surface area contributed by atoms with Gasteiger partial charge in [-0.1, -0.05) is 6.58 Å². The molecule has 0 aliphatic carbocycles. The monoisotopic (exact) mass is 161 g/mol. The smallest absolute Gasteiger partial charge is 0.144 e. The van der Waals surface area contributed by atoms with E-state index in [0.29, 0.717) is 0 Å². The molecule has 0 heterocycles. The van der Waals surface area contributed by atoms with Gasteiger partial charge in [0.1, 0.15) is 12.6 Å². The van der Waals surface area contributed by atoms with Gasteiger partial charge < -0.3 is 14.7 Å². The van der Waals surface area contributed by atoms with Gasteiger partial charge in [0.05, 0.1) is 27.4 Å². The second-order valence-electron chi connectivity index (χ2n) is 3.59. The van der Waals surface area contributed by atoms with E-state index in [1.54, 1.807) is 0 Å². The van der Waals surface area contributed by atoms with Crippen LogP contribution in [-0.4, -0.2) is 43.8 Å². The van der Waals surface area contributed by atoms with Gasteiger partial charge in [-0.2, -0.15) is 0 Å². The van der Waals surface area contributed by atoms with E-state index >= 15 is 0 Å². The molecule has 11 heavy (non-hydrogen) atoms. The highest BCUT2D eigenvalue weighted by Gasteiger charge is 2.12. The van der Waals surface area contributed by atoms with Crippen LogP contribution >= 0.6 is 0 Å². The van der Waals surface area contributed by atoms with Crippen LogP contribution in [0.5, 0.6) is 0 Å². The Balaban J connectivity index is 0. The fourth-order valence-electron chi connectivity index (χ4n) is 0.979. The normalized spacial score (nSPS) is 13.1. The minimum Gasteiger partial charge on any atom is -0.870 e. The Morgan fingerprint density at radius 3 is 2.18 bits per heavy atom. The van der Waals surface area contributed by atoms with Crippen LogP contribution in [0.3, 0.4) is 0 Å². The molecule has 3 heteroatoms. The zero-order chi connectivity index (χ0) is 8.20. The lowest BCUT2D eigenvalue weighted by molar-refractivity contribution is -0.873. The number of likely N-dealkylation sites (N-methyl/N-ethyl adjacent to an activating group) is 1. The fraction of sp³-hybridized carbons (Fsp3) is 0.750. The van der Waals surface area contributed by atoms with Crippen molar-refractivity contribution < 1.29 is 14.7 Å². The van der Waals surface area contributed by atoms with Crippen molar-refractivity contribution in [2.24, 2.45) is 0 Å². The third kappa shape index (κ3) is 9.46. The van der Waals surface area contributed by atoms with Crippen LogP contribution in [0.25, 0.3) is 0 Å². The number of hydrogen-bond donors (Lipinski definition) is 0. The van der Waals surface area contributed by atoms with Crippen molar-refractivity contribution in [2.45, 2.75) is 13.0 Å². The standard InChI is InChI=1S/C8H18NO.H2O/c1-6-10-8(2)7-9(3,4)5;/h6,8H,1,7H2,2-5H3;1H2/q+1;/p-1. The minimum absolute atomic E-state index is 0. The molecule has 3 nitrogen and oxygen atoms in total. The first kappa shape index (κ1) is 13.1. The van der Waals surface area contributed by atoms with E-state index < -0.39 is 0 Å². The molecule has 0 fully saturated rings. The Hall–Kier alpha value is -0.540. The Kier molecular flexibility index (Phi) is 6.13. The maximum atomic E-state index is 5.17. The molecule has 0 bridgehead atoms. The van der Waals surface area contributed by atoms with Crippen molar-refractivity contribution >= 4 is 0 Å². The second kappa shape index (κ2) is 5.16. The molecule has 68 valence electrons. The van der Waals surface area contributed by atoms with Crippen molar-refractivity contribution in [2.75, 3.05) is 27.7 Å². The van der Waals surface area contributed by atoms with Gasteiger partial charge in [-0.15, -0.1) is 0 Å². The Morgan fingerprint density at radius 1 is 1.45 bits per heavy atom. The van der Waals surface area contributed by atoms with E-state index in [1.165, 1.54) is 6.26 Å². The molecule has 1 unspecified atom stereocenters. The second-order valence-corrected chi connectivity index (χ2v) is 3.59. The third-order valence-electron chi connectivity index (χ3n) is 1.13. The summed E-state index contributed by atoms with van der Waals surface area (Å²) in [6.07, 6.45) is 1.76. The summed E-state index contributed by atoms with van der Waals surface area (Å²) in [4.78, 5) is 0. The molecule has 0 aromatic heterocycles. The Morgan fingerprint density at radius 2 is 1.91 bits per heavy atom. The molecule has 1 N–H and O–H groups in total. The SMILES string of the molecule is C=COC(C)C[N+](C)(C)C.[OH-]. The van der Waals surface area contributed by atoms with Crippen LogP contribution in [0, 0.1) is 0 Å². The average Bonchev–Trinajstić information content (AvgIpc) is 1.59. The molecule has 0 radical (unpaired) electrons. The maximum Gasteiger partial charge on any atom is 0.144 e.